The molecule has 1 fully saturated rings. The molecule has 0 heterocycles. The van der Waals surface area contributed by atoms with Gasteiger partial charge in [0.1, 0.15) is 5.41 Å². The van der Waals surface area contributed by atoms with Crippen LogP contribution in [0.15, 0.2) is 48.5 Å². The lowest BCUT2D eigenvalue weighted by atomic mass is 10.0. The number of halogens is 1. The van der Waals surface area contributed by atoms with Crippen LogP contribution < -0.4 is 10.6 Å². The molecule has 1 saturated carbocycles. The highest BCUT2D eigenvalue weighted by Crippen LogP contribution is 2.47. The molecule has 0 aliphatic heterocycles. The average Bonchev–Trinajstić information content (AvgIpc) is 3.34. The van der Waals surface area contributed by atoms with Gasteiger partial charge in [-0.2, -0.15) is 0 Å². The molecule has 2 N–H and O–H groups in total. The summed E-state index contributed by atoms with van der Waals surface area (Å²) in [5, 5.41) is 6.21. The highest BCUT2D eigenvalue weighted by atomic mass is 35.5. The van der Waals surface area contributed by atoms with Crippen LogP contribution in [0.3, 0.4) is 0 Å². The zero-order chi connectivity index (χ0) is 17.2. The molecule has 1 aliphatic carbocycles. The van der Waals surface area contributed by atoms with Crippen molar-refractivity contribution in [3.63, 3.8) is 0 Å². The molecule has 4 nitrogen and oxygen atoms in total. The number of carbonyl (C=O) groups is 2. The number of anilines is 1. The summed E-state index contributed by atoms with van der Waals surface area (Å²) >= 11 is 5.92. The van der Waals surface area contributed by atoms with Crippen molar-refractivity contribution in [3.05, 3.63) is 64.7 Å². The normalized spacial score (nSPS) is 14.8. The highest BCUT2D eigenvalue weighted by molar-refractivity contribution is 6.31. The van der Waals surface area contributed by atoms with E-state index < -0.39 is 5.41 Å². The predicted octanol–water partition coefficient (Wildman–Crippen LogP) is 3.68. The van der Waals surface area contributed by atoms with Crippen LogP contribution >= 0.6 is 11.6 Å². The van der Waals surface area contributed by atoms with Crippen LogP contribution in [0.2, 0.25) is 5.02 Å². The number of carbonyl (C=O) groups excluding carboxylic acids is 2. The summed E-state index contributed by atoms with van der Waals surface area (Å²) in [7, 11) is 0. The second kappa shape index (κ2) is 6.65. The molecular formula is C19H19ClN2O2. The van der Waals surface area contributed by atoms with Gasteiger partial charge in [-0.1, -0.05) is 47.5 Å². The van der Waals surface area contributed by atoms with E-state index >= 15 is 0 Å². The standard InChI is InChI=1S/C19H19ClN2O2/c1-13-4-2-5-14(10-13)12-21-17(23)19(8-9-19)18(24)22-16-7-3-6-15(20)11-16/h2-7,10-11H,8-9,12H2,1H3,(H,21,23)(H,22,24). The number of hydrogen-bond donors (Lipinski definition) is 2. The first-order valence-corrected chi connectivity index (χ1v) is 8.28. The van der Waals surface area contributed by atoms with Crippen LogP contribution in [-0.4, -0.2) is 11.8 Å². The summed E-state index contributed by atoms with van der Waals surface area (Å²) in [6.45, 7) is 2.43. The molecule has 24 heavy (non-hydrogen) atoms. The van der Waals surface area contributed by atoms with Gasteiger partial charge >= 0.3 is 0 Å². The van der Waals surface area contributed by atoms with E-state index in [1.54, 1.807) is 24.3 Å². The maximum atomic E-state index is 12.5. The Morgan fingerprint density at radius 1 is 1.08 bits per heavy atom. The maximum absolute atomic E-state index is 12.5. The average molecular weight is 343 g/mol. The molecule has 0 unspecified atom stereocenters. The maximum Gasteiger partial charge on any atom is 0.240 e. The molecule has 0 bridgehead atoms. The van der Waals surface area contributed by atoms with E-state index in [-0.39, 0.29) is 11.8 Å². The number of amides is 2. The molecule has 2 amide bonds. The van der Waals surface area contributed by atoms with Gasteiger partial charge in [0.15, 0.2) is 0 Å². The van der Waals surface area contributed by atoms with Crippen molar-refractivity contribution in [1.82, 2.24) is 5.32 Å². The molecule has 1 aliphatic rings. The molecule has 3 rings (SSSR count). The summed E-state index contributed by atoms with van der Waals surface area (Å²) in [6.07, 6.45) is 1.14. The molecule has 0 saturated heterocycles. The summed E-state index contributed by atoms with van der Waals surface area (Å²) in [5.74, 6) is -0.491. The number of rotatable bonds is 5. The summed E-state index contributed by atoms with van der Waals surface area (Å²) in [6, 6.07) is 14.9. The van der Waals surface area contributed by atoms with Gasteiger partial charge in [0.2, 0.25) is 11.8 Å². The monoisotopic (exact) mass is 342 g/mol. The van der Waals surface area contributed by atoms with Crippen LogP contribution in [0.1, 0.15) is 24.0 Å². The Morgan fingerprint density at radius 3 is 2.50 bits per heavy atom. The van der Waals surface area contributed by atoms with Gasteiger partial charge in [0, 0.05) is 17.3 Å². The first-order chi connectivity index (χ1) is 11.5. The van der Waals surface area contributed by atoms with Crippen molar-refractivity contribution in [2.75, 3.05) is 5.32 Å². The number of aryl methyl sites for hydroxylation is 1. The van der Waals surface area contributed by atoms with Crippen LogP contribution in [-0.2, 0) is 16.1 Å². The van der Waals surface area contributed by atoms with E-state index in [0.29, 0.717) is 30.1 Å². The third kappa shape index (κ3) is 3.60. The van der Waals surface area contributed by atoms with Gasteiger partial charge in [-0.05, 0) is 43.5 Å². The lowest BCUT2D eigenvalue weighted by Crippen LogP contribution is -2.39. The Morgan fingerprint density at radius 2 is 1.83 bits per heavy atom. The van der Waals surface area contributed by atoms with E-state index in [0.717, 1.165) is 11.1 Å². The van der Waals surface area contributed by atoms with Crippen molar-refractivity contribution < 1.29 is 9.59 Å². The van der Waals surface area contributed by atoms with Crippen molar-refractivity contribution in [3.8, 4) is 0 Å². The quantitative estimate of drug-likeness (QED) is 0.814. The minimum absolute atomic E-state index is 0.219. The third-order valence-electron chi connectivity index (χ3n) is 4.24. The van der Waals surface area contributed by atoms with Gasteiger partial charge in [-0.25, -0.2) is 0 Å². The fourth-order valence-corrected chi connectivity index (χ4v) is 2.86. The SMILES string of the molecule is Cc1cccc(CNC(=O)C2(C(=O)Nc3cccc(Cl)c3)CC2)c1. The smallest absolute Gasteiger partial charge is 0.240 e. The predicted molar refractivity (Wildman–Crippen MR) is 94.8 cm³/mol. The molecule has 2 aromatic rings. The van der Waals surface area contributed by atoms with Crippen molar-refractivity contribution >= 4 is 29.1 Å². The molecule has 0 atom stereocenters. The van der Waals surface area contributed by atoms with Gasteiger partial charge in [0.25, 0.3) is 0 Å². The fraction of sp³-hybridized carbons (Fsp3) is 0.263. The van der Waals surface area contributed by atoms with Crippen LogP contribution in [0.5, 0.6) is 0 Å². The van der Waals surface area contributed by atoms with Crippen molar-refractivity contribution in [2.45, 2.75) is 26.3 Å². The topological polar surface area (TPSA) is 58.2 Å². The molecule has 124 valence electrons. The third-order valence-corrected chi connectivity index (χ3v) is 4.47. The second-order valence-electron chi connectivity index (χ2n) is 6.22. The summed E-state index contributed by atoms with van der Waals surface area (Å²) in [5.41, 5.74) is 1.81. The fourth-order valence-electron chi connectivity index (χ4n) is 2.67. The van der Waals surface area contributed by atoms with Crippen LogP contribution in [0, 0.1) is 12.3 Å². The highest BCUT2D eigenvalue weighted by Gasteiger charge is 2.56. The zero-order valence-electron chi connectivity index (χ0n) is 13.4. The van der Waals surface area contributed by atoms with Crippen LogP contribution in [0.4, 0.5) is 5.69 Å². The Bertz CT molecular complexity index is 784. The number of benzene rings is 2. The van der Waals surface area contributed by atoms with Gasteiger partial charge in [0.05, 0.1) is 0 Å². The molecule has 0 aromatic heterocycles. The first kappa shape index (κ1) is 16.5. The molecule has 0 radical (unpaired) electrons. The second-order valence-corrected chi connectivity index (χ2v) is 6.65. The van der Waals surface area contributed by atoms with Crippen molar-refractivity contribution in [2.24, 2.45) is 5.41 Å². The summed E-state index contributed by atoms with van der Waals surface area (Å²) < 4.78 is 0. The first-order valence-electron chi connectivity index (χ1n) is 7.90. The van der Waals surface area contributed by atoms with Gasteiger partial charge in [-0.15, -0.1) is 0 Å². The van der Waals surface area contributed by atoms with Gasteiger partial charge < -0.3 is 10.6 Å². The minimum Gasteiger partial charge on any atom is -0.351 e. The van der Waals surface area contributed by atoms with E-state index in [2.05, 4.69) is 10.6 Å². The molecule has 0 spiro atoms. The number of nitrogens with one attached hydrogen (secondary N) is 2. The summed E-state index contributed by atoms with van der Waals surface area (Å²) in [4.78, 5) is 25.0. The van der Waals surface area contributed by atoms with E-state index in [1.807, 2.05) is 31.2 Å². The van der Waals surface area contributed by atoms with Crippen LogP contribution in [0.25, 0.3) is 0 Å². The zero-order valence-corrected chi connectivity index (χ0v) is 14.2. The molecule has 5 heteroatoms. The largest absolute Gasteiger partial charge is 0.351 e. The molecule has 2 aromatic carbocycles. The lowest BCUT2D eigenvalue weighted by Gasteiger charge is -2.16. The van der Waals surface area contributed by atoms with E-state index in [1.165, 1.54) is 0 Å². The van der Waals surface area contributed by atoms with E-state index in [9.17, 15) is 9.59 Å². The van der Waals surface area contributed by atoms with Gasteiger partial charge in [-0.3, -0.25) is 9.59 Å². The lowest BCUT2D eigenvalue weighted by molar-refractivity contribution is -0.134. The number of hydrogen-bond acceptors (Lipinski definition) is 2. The van der Waals surface area contributed by atoms with Crippen molar-refractivity contribution in [1.29, 1.82) is 0 Å². The minimum atomic E-state index is -0.952. The Labute approximate surface area is 146 Å². The Balaban J connectivity index is 1.62. The molecular weight excluding hydrogens is 324 g/mol. The Hall–Kier alpha value is -2.33. The van der Waals surface area contributed by atoms with E-state index in [4.69, 9.17) is 11.6 Å². The Kier molecular flexibility index (Phi) is 4.58.